The maximum absolute atomic E-state index is 11.9. The molecule has 0 heterocycles. The van der Waals surface area contributed by atoms with Gasteiger partial charge in [-0.15, -0.1) is 0 Å². The third-order valence-electron chi connectivity index (χ3n) is 3.08. The van der Waals surface area contributed by atoms with Gasteiger partial charge in [-0.2, -0.15) is 4.89 Å². The van der Waals surface area contributed by atoms with E-state index < -0.39 is 5.97 Å². The van der Waals surface area contributed by atoms with Gasteiger partial charge >= 0.3 is 5.97 Å². The van der Waals surface area contributed by atoms with E-state index in [1.165, 1.54) is 26.4 Å². The first kappa shape index (κ1) is 16.5. The summed E-state index contributed by atoms with van der Waals surface area (Å²) >= 11 is 0. The Morgan fingerprint density at radius 1 is 1.20 bits per heavy atom. The Hall–Kier alpha value is -1.55. The van der Waals surface area contributed by atoms with Crippen molar-refractivity contribution >= 4 is 5.97 Å². The summed E-state index contributed by atoms with van der Waals surface area (Å²) in [7, 11) is 1.52. The predicted molar refractivity (Wildman–Crippen MR) is 77.7 cm³/mol. The molecule has 0 N–H and O–H groups in total. The summed E-state index contributed by atoms with van der Waals surface area (Å²) in [6, 6.07) is 6.92. The van der Waals surface area contributed by atoms with Gasteiger partial charge in [0.1, 0.15) is 17.4 Å². The maximum atomic E-state index is 11.9. The molecule has 0 bridgehead atoms. The molecule has 1 aromatic rings. The quantitative estimate of drug-likeness (QED) is 0.387. The number of para-hydroxylation sites is 1. The van der Waals surface area contributed by atoms with Crippen LogP contribution in [0, 0.1) is 0 Å². The van der Waals surface area contributed by atoms with Gasteiger partial charge in [0, 0.05) is 0 Å². The second kappa shape index (κ2) is 9.37. The molecular weight excluding hydrogens is 256 g/mol. The molecule has 0 fully saturated rings. The van der Waals surface area contributed by atoms with Crippen molar-refractivity contribution < 1.29 is 19.3 Å². The van der Waals surface area contributed by atoms with Gasteiger partial charge in [-0.1, -0.05) is 44.7 Å². The first-order valence-electron chi connectivity index (χ1n) is 7.19. The van der Waals surface area contributed by atoms with Crippen LogP contribution in [0.15, 0.2) is 24.3 Å². The number of unbranched alkanes of at least 4 members (excludes halogenated alkanes) is 3. The molecule has 0 aliphatic heterocycles. The van der Waals surface area contributed by atoms with E-state index in [1.807, 2.05) is 6.92 Å². The lowest BCUT2D eigenvalue weighted by Gasteiger charge is -2.12. The molecule has 0 aromatic heterocycles. The van der Waals surface area contributed by atoms with E-state index in [2.05, 4.69) is 6.92 Å². The van der Waals surface area contributed by atoms with Crippen molar-refractivity contribution in [2.45, 2.75) is 52.1 Å². The average Bonchev–Trinajstić information content (AvgIpc) is 2.49. The summed E-state index contributed by atoms with van der Waals surface area (Å²) in [5.74, 6) is -0.0421. The molecule has 4 heteroatoms. The van der Waals surface area contributed by atoms with E-state index >= 15 is 0 Å². The molecule has 1 unspecified atom stereocenters. The molecule has 20 heavy (non-hydrogen) atoms. The molecule has 0 amide bonds. The Bertz CT molecular complexity index is 403. The highest BCUT2D eigenvalue weighted by Crippen LogP contribution is 2.18. The minimum absolute atomic E-state index is 0.0921. The Morgan fingerprint density at radius 3 is 2.65 bits per heavy atom. The fourth-order valence-electron chi connectivity index (χ4n) is 1.89. The molecule has 1 rings (SSSR count). The van der Waals surface area contributed by atoms with Gasteiger partial charge in [0.25, 0.3) is 0 Å². The molecule has 0 saturated carbocycles. The normalized spacial score (nSPS) is 11.9. The molecular formula is C16H24O4. The molecule has 0 aliphatic rings. The van der Waals surface area contributed by atoms with Crippen LogP contribution in [0.3, 0.4) is 0 Å². The van der Waals surface area contributed by atoms with E-state index in [9.17, 15) is 4.79 Å². The van der Waals surface area contributed by atoms with Crippen molar-refractivity contribution in [3.05, 3.63) is 29.8 Å². The number of benzene rings is 1. The van der Waals surface area contributed by atoms with Gasteiger partial charge in [-0.25, -0.2) is 4.79 Å². The highest BCUT2D eigenvalue weighted by atomic mass is 17.2. The van der Waals surface area contributed by atoms with Gasteiger partial charge in [-0.05, 0) is 25.5 Å². The van der Waals surface area contributed by atoms with Crippen LogP contribution in [0.4, 0.5) is 0 Å². The summed E-state index contributed by atoms with van der Waals surface area (Å²) in [4.78, 5) is 21.9. The first-order valence-corrected chi connectivity index (χ1v) is 7.19. The summed E-state index contributed by atoms with van der Waals surface area (Å²) in [6.45, 7) is 4.08. The van der Waals surface area contributed by atoms with Crippen molar-refractivity contribution in [1.82, 2.24) is 0 Å². The largest absolute Gasteiger partial charge is 0.496 e. The van der Waals surface area contributed by atoms with E-state index in [4.69, 9.17) is 14.5 Å². The van der Waals surface area contributed by atoms with Crippen LogP contribution in [-0.4, -0.2) is 19.2 Å². The van der Waals surface area contributed by atoms with Crippen LogP contribution >= 0.6 is 0 Å². The summed E-state index contributed by atoms with van der Waals surface area (Å²) < 4.78 is 5.11. The number of carbonyl (C=O) groups excluding carboxylic acids is 1. The second-order valence-corrected chi connectivity index (χ2v) is 4.83. The number of hydrogen-bond donors (Lipinski definition) is 0. The maximum Gasteiger partial charge on any atom is 0.376 e. The number of methoxy groups -OCH3 is 1. The molecule has 0 aliphatic carbocycles. The zero-order valence-corrected chi connectivity index (χ0v) is 12.6. The van der Waals surface area contributed by atoms with Crippen LogP contribution in [-0.2, 0) is 9.78 Å². The standard InChI is InChI=1S/C16H24O4/c1-4-5-6-7-10-13(2)19-20-16(17)14-11-8-9-12-15(14)18-3/h8-9,11-13H,4-7,10H2,1-3H3. The van der Waals surface area contributed by atoms with Crippen LogP contribution < -0.4 is 4.74 Å². The Kier molecular flexibility index (Phi) is 7.73. The van der Waals surface area contributed by atoms with Gasteiger partial charge in [0.15, 0.2) is 0 Å². The molecule has 1 aromatic carbocycles. The van der Waals surface area contributed by atoms with Crippen molar-refractivity contribution in [2.75, 3.05) is 7.11 Å². The average molecular weight is 280 g/mol. The zero-order chi connectivity index (χ0) is 14.8. The van der Waals surface area contributed by atoms with Gasteiger partial charge in [0.05, 0.1) is 7.11 Å². The highest BCUT2D eigenvalue weighted by molar-refractivity contribution is 5.92. The van der Waals surface area contributed by atoms with Crippen LogP contribution in [0.25, 0.3) is 0 Å². The van der Waals surface area contributed by atoms with Crippen molar-refractivity contribution in [3.8, 4) is 5.75 Å². The summed E-state index contributed by atoms with van der Waals surface area (Å²) in [6.07, 6.45) is 5.50. The Labute approximate surface area is 121 Å². The Morgan fingerprint density at radius 2 is 1.95 bits per heavy atom. The third kappa shape index (κ3) is 5.61. The van der Waals surface area contributed by atoms with E-state index in [1.54, 1.807) is 24.3 Å². The van der Waals surface area contributed by atoms with Gasteiger partial charge in [-0.3, -0.25) is 4.89 Å². The van der Waals surface area contributed by atoms with Crippen LogP contribution in [0.1, 0.15) is 56.3 Å². The molecule has 0 spiro atoms. The third-order valence-corrected chi connectivity index (χ3v) is 3.08. The fourth-order valence-corrected chi connectivity index (χ4v) is 1.89. The smallest absolute Gasteiger partial charge is 0.376 e. The highest BCUT2D eigenvalue weighted by Gasteiger charge is 2.15. The summed E-state index contributed by atoms with van der Waals surface area (Å²) in [5, 5.41) is 0. The number of hydrogen-bond acceptors (Lipinski definition) is 4. The van der Waals surface area contributed by atoms with Crippen molar-refractivity contribution in [1.29, 1.82) is 0 Å². The minimum atomic E-state index is -0.525. The van der Waals surface area contributed by atoms with Crippen molar-refractivity contribution in [3.63, 3.8) is 0 Å². The van der Waals surface area contributed by atoms with Crippen molar-refractivity contribution in [2.24, 2.45) is 0 Å². The lowest BCUT2D eigenvalue weighted by atomic mass is 10.1. The second-order valence-electron chi connectivity index (χ2n) is 4.83. The SMILES string of the molecule is CCCCCCC(C)OOC(=O)c1ccccc1OC. The first-order chi connectivity index (χ1) is 9.69. The molecule has 0 saturated heterocycles. The van der Waals surface area contributed by atoms with E-state index in [0.717, 1.165) is 12.8 Å². The molecule has 1 atom stereocenters. The Balaban J connectivity index is 2.35. The van der Waals surface area contributed by atoms with Gasteiger partial charge in [0.2, 0.25) is 0 Å². The minimum Gasteiger partial charge on any atom is -0.496 e. The van der Waals surface area contributed by atoms with E-state index in [0.29, 0.717) is 11.3 Å². The van der Waals surface area contributed by atoms with Gasteiger partial charge < -0.3 is 4.74 Å². The topological polar surface area (TPSA) is 44.8 Å². The monoisotopic (exact) mass is 280 g/mol. The number of ether oxygens (including phenoxy) is 1. The van der Waals surface area contributed by atoms with Crippen LogP contribution in [0.2, 0.25) is 0 Å². The molecule has 0 radical (unpaired) electrons. The van der Waals surface area contributed by atoms with E-state index in [-0.39, 0.29) is 6.10 Å². The molecule has 112 valence electrons. The number of carbonyl (C=O) groups is 1. The molecule has 4 nitrogen and oxygen atoms in total. The lowest BCUT2D eigenvalue weighted by Crippen LogP contribution is -2.14. The lowest BCUT2D eigenvalue weighted by molar-refractivity contribution is -0.271. The summed E-state index contributed by atoms with van der Waals surface area (Å²) in [5.41, 5.74) is 0.369. The van der Waals surface area contributed by atoms with Crippen LogP contribution in [0.5, 0.6) is 5.75 Å². The predicted octanol–water partition coefficient (Wildman–Crippen LogP) is 4.14. The zero-order valence-electron chi connectivity index (χ0n) is 12.6. The fraction of sp³-hybridized carbons (Fsp3) is 0.562. The number of rotatable bonds is 9.